The van der Waals surface area contributed by atoms with E-state index >= 15 is 0 Å². The van der Waals surface area contributed by atoms with E-state index in [4.69, 9.17) is 20.4 Å². The lowest BCUT2D eigenvalue weighted by molar-refractivity contribution is -0.141. The molecule has 0 aliphatic carbocycles. The first-order valence-corrected chi connectivity index (χ1v) is 10.7. The second kappa shape index (κ2) is 8.75. The summed E-state index contributed by atoms with van der Waals surface area (Å²) in [5.74, 6) is -1.77. The molecule has 0 radical (unpaired) electrons. The van der Waals surface area contributed by atoms with Gasteiger partial charge in [0.15, 0.2) is 0 Å². The number of aliphatic carboxylic acids is 1. The van der Waals surface area contributed by atoms with Crippen LogP contribution in [0.2, 0.25) is 5.02 Å². The molecule has 0 spiro atoms. The predicted molar refractivity (Wildman–Crippen MR) is 125 cm³/mol. The fourth-order valence-corrected chi connectivity index (χ4v) is 4.27. The van der Waals surface area contributed by atoms with Crippen LogP contribution in [-0.4, -0.2) is 23.0 Å². The van der Waals surface area contributed by atoms with Crippen LogP contribution in [0.25, 0.3) is 21.9 Å². The minimum Gasteiger partial charge on any atom is -0.480 e. The molecule has 0 aliphatic heterocycles. The van der Waals surface area contributed by atoms with Crippen molar-refractivity contribution in [3.05, 3.63) is 79.9 Å². The van der Waals surface area contributed by atoms with E-state index in [0.717, 1.165) is 16.5 Å². The molecule has 2 heterocycles. The van der Waals surface area contributed by atoms with Gasteiger partial charge in [0, 0.05) is 16.8 Å². The Kier molecular flexibility index (Phi) is 5.99. The number of halogens is 1. The molecule has 0 aliphatic rings. The molecule has 1 atom stereocenters. The van der Waals surface area contributed by atoms with Crippen LogP contribution in [0, 0.1) is 20.8 Å². The highest BCUT2D eigenvalue weighted by Crippen LogP contribution is 2.34. The summed E-state index contributed by atoms with van der Waals surface area (Å²) in [7, 11) is 0. The van der Waals surface area contributed by atoms with Crippen molar-refractivity contribution in [2.45, 2.75) is 39.7 Å². The molecule has 4 aromatic rings. The molecule has 8 heteroatoms. The number of fused-ring (bicyclic) bond motifs is 3. The third-order valence-corrected chi connectivity index (χ3v) is 6.04. The second-order valence-electron chi connectivity index (χ2n) is 8.15. The van der Waals surface area contributed by atoms with Crippen molar-refractivity contribution < 1.29 is 23.5 Å². The number of rotatable bonds is 6. The van der Waals surface area contributed by atoms with Crippen molar-refractivity contribution in [2.24, 2.45) is 0 Å². The third kappa shape index (κ3) is 4.36. The van der Waals surface area contributed by atoms with Crippen LogP contribution in [0.5, 0.6) is 0 Å². The standard InChI is InChI=1S/C25H22ClNO6/c1-12-8-19-22(23-21(12)13(2)11-32-23)14(3)17(25(31)33-19)10-20(28)27-18(24(29)30)9-15-4-6-16(26)7-5-15/h4-8,11,18H,9-10H2,1-3H3,(H,27,28)(H,29,30). The zero-order valence-corrected chi connectivity index (χ0v) is 19.1. The maximum Gasteiger partial charge on any atom is 0.340 e. The Balaban J connectivity index is 1.65. The van der Waals surface area contributed by atoms with Gasteiger partial charge in [-0.25, -0.2) is 9.59 Å². The van der Waals surface area contributed by atoms with Crippen LogP contribution in [0.15, 0.2) is 50.2 Å². The van der Waals surface area contributed by atoms with E-state index in [9.17, 15) is 19.5 Å². The first kappa shape index (κ1) is 22.6. The quantitative estimate of drug-likeness (QED) is 0.405. The number of amides is 1. The number of furan rings is 1. The highest BCUT2D eigenvalue weighted by Gasteiger charge is 2.24. The van der Waals surface area contributed by atoms with Gasteiger partial charge in [0.1, 0.15) is 17.2 Å². The van der Waals surface area contributed by atoms with Crippen molar-refractivity contribution in [3.63, 3.8) is 0 Å². The SMILES string of the molecule is Cc1coc2c1c(C)cc1oc(=O)c(CC(=O)NC(Cc3ccc(Cl)cc3)C(=O)O)c(C)c12. The van der Waals surface area contributed by atoms with Crippen molar-refractivity contribution >= 4 is 45.4 Å². The van der Waals surface area contributed by atoms with Crippen LogP contribution in [0.1, 0.15) is 27.8 Å². The number of hydrogen-bond acceptors (Lipinski definition) is 5. The Hall–Kier alpha value is -3.58. The van der Waals surface area contributed by atoms with Gasteiger partial charge in [-0.15, -0.1) is 0 Å². The summed E-state index contributed by atoms with van der Waals surface area (Å²) in [4.78, 5) is 37.1. The van der Waals surface area contributed by atoms with Gasteiger partial charge < -0.3 is 19.3 Å². The lowest BCUT2D eigenvalue weighted by Gasteiger charge is -2.15. The lowest BCUT2D eigenvalue weighted by atomic mass is 9.98. The molecule has 7 nitrogen and oxygen atoms in total. The smallest absolute Gasteiger partial charge is 0.340 e. The summed E-state index contributed by atoms with van der Waals surface area (Å²) in [5, 5.41) is 14.2. The molecule has 0 bridgehead atoms. The number of carbonyl (C=O) groups excluding carboxylic acids is 1. The Bertz CT molecular complexity index is 1450. The number of carbonyl (C=O) groups is 2. The van der Waals surface area contributed by atoms with Gasteiger partial charge in [-0.2, -0.15) is 0 Å². The Morgan fingerprint density at radius 3 is 2.45 bits per heavy atom. The molecular weight excluding hydrogens is 446 g/mol. The largest absolute Gasteiger partial charge is 0.480 e. The molecule has 2 aromatic heterocycles. The summed E-state index contributed by atoms with van der Waals surface area (Å²) in [5.41, 5.74) is 3.66. The van der Waals surface area contributed by atoms with E-state index in [0.29, 0.717) is 32.7 Å². The number of carboxylic acid groups (broad SMARTS) is 1. The van der Waals surface area contributed by atoms with Gasteiger partial charge in [-0.1, -0.05) is 23.7 Å². The molecule has 1 amide bonds. The van der Waals surface area contributed by atoms with Crippen molar-refractivity contribution in [1.82, 2.24) is 5.32 Å². The van der Waals surface area contributed by atoms with E-state index < -0.39 is 23.5 Å². The third-order valence-electron chi connectivity index (χ3n) is 5.79. The van der Waals surface area contributed by atoms with E-state index in [2.05, 4.69) is 5.32 Å². The number of hydrogen-bond donors (Lipinski definition) is 2. The summed E-state index contributed by atoms with van der Waals surface area (Å²) >= 11 is 5.87. The Morgan fingerprint density at radius 2 is 1.79 bits per heavy atom. The van der Waals surface area contributed by atoms with Crippen LogP contribution in [0.3, 0.4) is 0 Å². The highest BCUT2D eigenvalue weighted by molar-refractivity contribution is 6.30. The number of aryl methyl sites for hydroxylation is 3. The maximum atomic E-state index is 12.7. The van der Waals surface area contributed by atoms with E-state index in [1.165, 1.54) is 0 Å². The highest BCUT2D eigenvalue weighted by atomic mass is 35.5. The van der Waals surface area contributed by atoms with Gasteiger partial charge in [0.2, 0.25) is 5.91 Å². The Labute approximate surface area is 194 Å². The van der Waals surface area contributed by atoms with Crippen molar-refractivity contribution in [1.29, 1.82) is 0 Å². The summed E-state index contributed by atoms with van der Waals surface area (Å²) in [6, 6.07) is 7.33. The van der Waals surface area contributed by atoms with Crippen LogP contribution in [0.4, 0.5) is 0 Å². The van der Waals surface area contributed by atoms with E-state index in [1.807, 2.05) is 13.8 Å². The first-order chi connectivity index (χ1) is 15.7. The van der Waals surface area contributed by atoms with Crippen molar-refractivity contribution in [2.75, 3.05) is 0 Å². The number of nitrogens with one attached hydrogen (secondary N) is 1. The maximum absolute atomic E-state index is 12.7. The van der Waals surface area contributed by atoms with Gasteiger partial charge in [-0.05, 0) is 61.2 Å². The Morgan fingerprint density at radius 1 is 1.09 bits per heavy atom. The minimum absolute atomic E-state index is 0.0785. The van der Waals surface area contributed by atoms with Crippen LogP contribution >= 0.6 is 11.6 Å². The number of benzene rings is 2. The lowest BCUT2D eigenvalue weighted by Crippen LogP contribution is -2.43. The average molecular weight is 468 g/mol. The summed E-state index contributed by atoms with van der Waals surface area (Å²) in [6.45, 7) is 5.57. The van der Waals surface area contributed by atoms with E-state index in [-0.39, 0.29) is 18.4 Å². The second-order valence-corrected chi connectivity index (χ2v) is 8.58. The van der Waals surface area contributed by atoms with Gasteiger partial charge in [0.25, 0.3) is 0 Å². The normalized spacial score (nSPS) is 12.2. The molecule has 2 aromatic carbocycles. The molecule has 0 fully saturated rings. The number of carboxylic acids is 1. The van der Waals surface area contributed by atoms with Gasteiger partial charge in [-0.3, -0.25) is 4.79 Å². The van der Waals surface area contributed by atoms with Crippen molar-refractivity contribution in [3.8, 4) is 0 Å². The molecule has 2 N–H and O–H groups in total. The topological polar surface area (TPSA) is 110 Å². The molecule has 0 saturated heterocycles. The summed E-state index contributed by atoms with van der Waals surface area (Å²) in [6.07, 6.45) is 1.40. The van der Waals surface area contributed by atoms with Gasteiger partial charge in [0.05, 0.1) is 23.6 Å². The predicted octanol–water partition coefficient (Wildman–Crippen LogP) is 4.47. The molecule has 1 unspecified atom stereocenters. The molecule has 33 heavy (non-hydrogen) atoms. The molecular formula is C25H22ClNO6. The molecule has 0 saturated carbocycles. The zero-order chi connectivity index (χ0) is 23.9. The average Bonchev–Trinajstić information content (AvgIpc) is 3.14. The minimum atomic E-state index is -1.18. The zero-order valence-electron chi connectivity index (χ0n) is 18.3. The first-order valence-electron chi connectivity index (χ1n) is 10.4. The molecule has 4 rings (SSSR count). The van der Waals surface area contributed by atoms with Crippen LogP contribution < -0.4 is 10.9 Å². The molecule has 170 valence electrons. The van der Waals surface area contributed by atoms with Crippen LogP contribution in [-0.2, 0) is 22.4 Å². The fraction of sp³-hybridized carbons (Fsp3) is 0.240. The van der Waals surface area contributed by atoms with E-state index in [1.54, 1.807) is 43.5 Å². The monoisotopic (exact) mass is 467 g/mol. The van der Waals surface area contributed by atoms with Gasteiger partial charge >= 0.3 is 11.6 Å². The fourth-order valence-electron chi connectivity index (χ4n) is 4.14. The summed E-state index contributed by atoms with van der Waals surface area (Å²) < 4.78 is 11.3.